The Labute approximate surface area is 178 Å². The highest BCUT2D eigenvalue weighted by molar-refractivity contribution is 7.71. The van der Waals surface area contributed by atoms with Crippen LogP contribution < -0.4 is 4.74 Å². The van der Waals surface area contributed by atoms with Crippen molar-refractivity contribution >= 4 is 18.1 Å². The Kier molecular flexibility index (Phi) is 6.54. The molecule has 0 bridgehead atoms. The topological polar surface area (TPSA) is 63.1 Å². The van der Waals surface area contributed by atoms with Gasteiger partial charge in [-0.25, -0.2) is 0 Å². The van der Waals surface area contributed by atoms with Crippen molar-refractivity contribution in [3.8, 4) is 5.75 Å². The van der Waals surface area contributed by atoms with Gasteiger partial charge in [-0.1, -0.05) is 12.1 Å². The van der Waals surface area contributed by atoms with Crippen LogP contribution in [0.2, 0.25) is 0 Å². The summed E-state index contributed by atoms with van der Waals surface area (Å²) in [6.45, 7) is 6.51. The average molecular weight is 443 g/mol. The van der Waals surface area contributed by atoms with E-state index in [1.807, 2.05) is 18.4 Å². The maximum absolute atomic E-state index is 13.2. The SMILES string of the molecule is CC(Oc1ccccc1C(F)(F)F)C(=O)N1CCC(c2n[nH]c(=S)n2C(C)C)CC1. The van der Waals surface area contributed by atoms with Crippen LogP contribution in [0.15, 0.2) is 24.3 Å². The van der Waals surface area contributed by atoms with Gasteiger partial charge in [-0.3, -0.25) is 9.89 Å². The Morgan fingerprint density at radius 1 is 1.23 bits per heavy atom. The standard InChI is InChI=1S/C20H25F3N4O2S/c1-12(2)27-17(24-25-19(27)30)14-8-10-26(11-9-14)18(28)13(3)29-16-7-5-4-6-15(16)20(21,22)23/h4-7,12-14H,8-11H2,1-3H3,(H,25,30). The quantitative estimate of drug-likeness (QED) is 0.681. The zero-order valence-electron chi connectivity index (χ0n) is 17.1. The largest absolute Gasteiger partial charge is 0.480 e. The van der Waals surface area contributed by atoms with E-state index in [4.69, 9.17) is 17.0 Å². The monoisotopic (exact) mass is 442 g/mol. The van der Waals surface area contributed by atoms with Crippen molar-refractivity contribution in [2.45, 2.75) is 57.9 Å². The second-order valence-electron chi connectivity index (χ2n) is 7.70. The van der Waals surface area contributed by atoms with Crippen molar-refractivity contribution in [2.75, 3.05) is 13.1 Å². The summed E-state index contributed by atoms with van der Waals surface area (Å²) in [5.41, 5.74) is -0.889. The number of carbonyl (C=O) groups excluding carboxylic acids is 1. The number of piperidine rings is 1. The van der Waals surface area contributed by atoms with Gasteiger partial charge < -0.3 is 14.2 Å². The van der Waals surface area contributed by atoms with E-state index < -0.39 is 17.8 Å². The molecule has 0 aliphatic carbocycles. The maximum atomic E-state index is 13.2. The Hall–Kier alpha value is -2.36. The highest BCUT2D eigenvalue weighted by Gasteiger charge is 2.36. The number of likely N-dealkylation sites (tertiary alicyclic amines) is 1. The first-order valence-electron chi connectivity index (χ1n) is 9.88. The molecule has 10 heteroatoms. The van der Waals surface area contributed by atoms with Gasteiger partial charge in [-0.15, -0.1) is 0 Å². The van der Waals surface area contributed by atoms with E-state index in [1.165, 1.54) is 25.1 Å². The van der Waals surface area contributed by atoms with Gasteiger partial charge in [0.15, 0.2) is 10.9 Å². The van der Waals surface area contributed by atoms with Gasteiger partial charge in [0.25, 0.3) is 5.91 Å². The second kappa shape index (κ2) is 8.79. The smallest absolute Gasteiger partial charge is 0.419 e. The lowest BCUT2D eigenvalue weighted by Gasteiger charge is -2.33. The van der Waals surface area contributed by atoms with E-state index in [1.54, 1.807) is 4.90 Å². The Morgan fingerprint density at radius 2 is 1.87 bits per heavy atom. The average Bonchev–Trinajstić information content (AvgIpc) is 3.09. The number of rotatable bonds is 5. The van der Waals surface area contributed by atoms with Crippen LogP contribution in [-0.4, -0.2) is 44.8 Å². The molecule has 1 saturated heterocycles. The molecular weight excluding hydrogens is 417 g/mol. The van der Waals surface area contributed by atoms with Crippen LogP contribution in [-0.2, 0) is 11.0 Å². The van der Waals surface area contributed by atoms with Gasteiger partial charge >= 0.3 is 6.18 Å². The van der Waals surface area contributed by atoms with Gasteiger partial charge in [0, 0.05) is 25.0 Å². The number of para-hydroxylation sites is 1. The summed E-state index contributed by atoms with van der Waals surface area (Å²) >= 11 is 5.30. The maximum Gasteiger partial charge on any atom is 0.419 e. The fraction of sp³-hybridized carbons (Fsp3) is 0.550. The highest BCUT2D eigenvalue weighted by atomic mass is 32.1. The fourth-order valence-corrected chi connectivity index (χ4v) is 4.11. The molecule has 0 radical (unpaired) electrons. The van der Waals surface area contributed by atoms with Crippen LogP contribution >= 0.6 is 12.2 Å². The van der Waals surface area contributed by atoms with Crippen molar-refractivity contribution in [1.82, 2.24) is 19.7 Å². The molecule has 6 nitrogen and oxygen atoms in total. The van der Waals surface area contributed by atoms with E-state index in [9.17, 15) is 18.0 Å². The van der Waals surface area contributed by atoms with Crippen LogP contribution in [0.5, 0.6) is 5.75 Å². The van der Waals surface area contributed by atoms with Crippen molar-refractivity contribution in [3.05, 3.63) is 40.4 Å². The zero-order chi connectivity index (χ0) is 22.1. The fourth-order valence-electron chi connectivity index (χ4n) is 3.76. The Bertz CT molecular complexity index is 946. The summed E-state index contributed by atoms with van der Waals surface area (Å²) in [5, 5.41) is 7.20. The number of carbonyl (C=O) groups is 1. The lowest BCUT2D eigenvalue weighted by atomic mass is 9.95. The van der Waals surface area contributed by atoms with Gasteiger partial charge in [0.05, 0.1) is 5.56 Å². The lowest BCUT2D eigenvalue weighted by Crippen LogP contribution is -2.44. The molecule has 1 fully saturated rings. The van der Waals surface area contributed by atoms with E-state index in [0.29, 0.717) is 30.7 Å². The number of benzene rings is 1. The number of hydrogen-bond acceptors (Lipinski definition) is 4. The summed E-state index contributed by atoms with van der Waals surface area (Å²) in [6, 6.07) is 5.09. The van der Waals surface area contributed by atoms with Crippen LogP contribution in [0, 0.1) is 4.77 Å². The minimum absolute atomic E-state index is 0.159. The number of hydrogen-bond donors (Lipinski definition) is 1. The summed E-state index contributed by atoms with van der Waals surface area (Å²) < 4.78 is 47.4. The molecule has 1 N–H and O–H groups in total. The van der Waals surface area contributed by atoms with Crippen LogP contribution in [0.3, 0.4) is 0 Å². The molecule has 1 aliphatic rings. The van der Waals surface area contributed by atoms with E-state index in [0.717, 1.165) is 11.9 Å². The third kappa shape index (κ3) is 4.69. The van der Waals surface area contributed by atoms with Gasteiger partial charge in [0.1, 0.15) is 11.6 Å². The van der Waals surface area contributed by atoms with Gasteiger partial charge in [-0.2, -0.15) is 18.3 Å². The number of nitrogens with zero attached hydrogens (tertiary/aromatic N) is 3. The molecule has 1 amide bonds. The number of nitrogens with one attached hydrogen (secondary N) is 1. The van der Waals surface area contributed by atoms with E-state index >= 15 is 0 Å². The molecule has 1 unspecified atom stereocenters. The molecule has 2 heterocycles. The van der Waals surface area contributed by atoms with Crippen LogP contribution in [0.25, 0.3) is 0 Å². The lowest BCUT2D eigenvalue weighted by molar-refractivity contribution is -0.144. The predicted octanol–water partition coefficient (Wildman–Crippen LogP) is 4.71. The summed E-state index contributed by atoms with van der Waals surface area (Å²) in [4.78, 5) is 14.4. The van der Waals surface area contributed by atoms with Gasteiger partial charge in [0.2, 0.25) is 0 Å². The highest BCUT2D eigenvalue weighted by Crippen LogP contribution is 2.36. The van der Waals surface area contributed by atoms with Crippen molar-refractivity contribution < 1.29 is 22.7 Å². The number of amides is 1. The molecule has 0 saturated carbocycles. The number of ether oxygens (including phenoxy) is 1. The minimum atomic E-state index is -4.55. The number of aromatic nitrogens is 3. The summed E-state index contributed by atoms with van der Waals surface area (Å²) in [5.74, 6) is 0.374. The zero-order valence-corrected chi connectivity index (χ0v) is 17.9. The van der Waals surface area contributed by atoms with Crippen LogP contribution in [0.4, 0.5) is 13.2 Å². The van der Waals surface area contributed by atoms with Gasteiger partial charge in [-0.05, 0) is 58.0 Å². The summed E-state index contributed by atoms with van der Waals surface area (Å²) in [6.07, 6.45) is -4.17. The minimum Gasteiger partial charge on any atom is -0.480 e. The molecule has 1 aromatic carbocycles. The first kappa shape index (κ1) is 22.3. The molecule has 0 spiro atoms. The van der Waals surface area contributed by atoms with E-state index in [-0.39, 0.29) is 23.6 Å². The molecule has 1 aromatic heterocycles. The normalized spacial score (nSPS) is 16.7. The Balaban J connectivity index is 1.64. The predicted molar refractivity (Wildman–Crippen MR) is 108 cm³/mol. The van der Waals surface area contributed by atoms with Crippen molar-refractivity contribution in [2.24, 2.45) is 0 Å². The molecule has 164 valence electrons. The molecule has 1 aliphatic heterocycles. The Morgan fingerprint density at radius 3 is 2.47 bits per heavy atom. The number of H-pyrrole nitrogens is 1. The van der Waals surface area contributed by atoms with Crippen molar-refractivity contribution in [3.63, 3.8) is 0 Å². The number of alkyl halides is 3. The molecule has 1 atom stereocenters. The molecule has 2 aromatic rings. The third-order valence-corrected chi connectivity index (χ3v) is 5.55. The number of aromatic amines is 1. The molecular formula is C20H25F3N4O2S. The van der Waals surface area contributed by atoms with Crippen LogP contribution in [0.1, 0.15) is 57.0 Å². The first-order valence-corrected chi connectivity index (χ1v) is 10.3. The first-order chi connectivity index (χ1) is 14.1. The third-order valence-electron chi connectivity index (χ3n) is 5.26. The van der Waals surface area contributed by atoms with Crippen molar-refractivity contribution in [1.29, 1.82) is 0 Å². The molecule has 30 heavy (non-hydrogen) atoms. The molecule has 3 rings (SSSR count). The van der Waals surface area contributed by atoms with E-state index in [2.05, 4.69) is 10.2 Å². The summed E-state index contributed by atoms with van der Waals surface area (Å²) in [7, 11) is 0. The number of halogens is 3. The second-order valence-corrected chi connectivity index (χ2v) is 8.09.